The van der Waals surface area contributed by atoms with Crippen molar-refractivity contribution < 1.29 is 4.42 Å². The number of furan rings is 1. The van der Waals surface area contributed by atoms with Crippen LogP contribution in [0.4, 0.5) is 0 Å². The van der Waals surface area contributed by atoms with Crippen molar-refractivity contribution in [3.05, 3.63) is 218 Å². The Bertz CT molecular complexity index is 3520. The van der Waals surface area contributed by atoms with Gasteiger partial charge >= 0.3 is 0 Å². The van der Waals surface area contributed by atoms with Gasteiger partial charge in [0.2, 0.25) is 0 Å². The molecular weight excluding hydrogens is 757 g/mol. The van der Waals surface area contributed by atoms with Crippen molar-refractivity contribution in [2.45, 2.75) is 0 Å². The molecule has 290 valence electrons. The highest BCUT2D eigenvalue weighted by atomic mass is 16.3. The third kappa shape index (κ3) is 6.14. The van der Waals surface area contributed by atoms with Gasteiger partial charge in [-0.3, -0.25) is 0 Å². The molecule has 0 amide bonds. The molecular formula is C57H36N4O. The third-order valence-corrected chi connectivity index (χ3v) is 11.9. The first-order chi connectivity index (χ1) is 30.7. The zero-order valence-corrected chi connectivity index (χ0v) is 33.5. The second kappa shape index (κ2) is 14.7. The van der Waals surface area contributed by atoms with Crippen molar-refractivity contribution in [1.29, 1.82) is 0 Å². The van der Waals surface area contributed by atoms with Crippen LogP contribution < -0.4 is 0 Å². The molecule has 0 aliphatic heterocycles. The summed E-state index contributed by atoms with van der Waals surface area (Å²) in [5.41, 5.74) is 14.5. The zero-order valence-electron chi connectivity index (χ0n) is 33.5. The number of rotatable bonds is 7. The lowest BCUT2D eigenvalue weighted by atomic mass is 10.0. The van der Waals surface area contributed by atoms with Crippen LogP contribution in [-0.2, 0) is 0 Å². The Morgan fingerprint density at radius 2 is 0.774 bits per heavy atom. The minimum Gasteiger partial charge on any atom is -0.456 e. The molecule has 0 atom stereocenters. The first-order valence-electron chi connectivity index (χ1n) is 20.8. The van der Waals surface area contributed by atoms with Crippen LogP contribution >= 0.6 is 0 Å². The van der Waals surface area contributed by atoms with E-state index >= 15 is 0 Å². The molecule has 5 nitrogen and oxygen atoms in total. The maximum Gasteiger partial charge on any atom is 0.164 e. The Labute approximate surface area is 357 Å². The van der Waals surface area contributed by atoms with E-state index in [0.29, 0.717) is 17.5 Å². The molecule has 3 aromatic heterocycles. The van der Waals surface area contributed by atoms with Crippen LogP contribution in [0.2, 0.25) is 0 Å². The van der Waals surface area contributed by atoms with Crippen LogP contribution in [0, 0.1) is 0 Å². The van der Waals surface area contributed by atoms with Gasteiger partial charge in [0.25, 0.3) is 0 Å². The Balaban J connectivity index is 1.04. The average Bonchev–Trinajstić information content (AvgIpc) is 3.89. The van der Waals surface area contributed by atoms with Crippen LogP contribution in [0.1, 0.15) is 0 Å². The van der Waals surface area contributed by atoms with E-state index in [1.807, 2.05) is 48.5 Å². The van der Waals surface area contributed by atoms with Crippen molar-refractivity contribution in [2.75, 3.05) is 0 Å². The molecule has 0 saturated heterocycles. The summed E-state index contributed by atoms with van der Waals surface area (Å²) in [6, 6.07) is 76.4. The predicted molar refractivity (Wildman–Crippen MR) is 254 cm³/mol. The Morgan fingerprint density at radius 3 is 1.37 bits per heavy atom. The quantitative estimate of drug-likeness (QED) is 0.161. The second-order valence-electron chi connectivity index (χ2n) is 15.6. The molecule has 0 spiro atoms. The molecule has 0 aliphatic carbocycles. The Kier molecular flexibility index (Phi) is 8.42. The number of fused-ring (bicyclic) bond motifs is 6. The van der Waals surface area contributed by atoms with Crippen LogP contribution in [0.25, 0.3) is 117 Å². The molecule has 0 unspecified atom stereocenters. The summed E-state index contributed by atoms with van der Waals surface area (Å²) in [5, 5.41) is 4.34. The third-order valence-electron chi connectivity index (χ3n) is 11.9. The van der Waals surface area contributed by atoms with Crippen molar-refractivity contribution in [1.82, 2.24) is 19.5 Å². The maximum atomic E-state index is 6.77. The van der Waals surface area contributed by atoms with Crippen LogP contribution in [0.3, 0.4) is 0 Å². The first kappa shape index (κ1) is 35.5. The minimum atomic E-state index is 0.584. The van der Waals surface area contributed by atoms with Gasteiger partial charge in [0, 0.05) is 50.0 Å². The zero-order chi connectivity index (χ0) is 41.0. The van der Waals surface area contributed by atoms with Gasteiger partial charge in [0.05, 0.1) is 11.0 Å². The topological polar surface area (TPSA) is 56.7 Å². The first-order valence-corrected chi connectivity index (χ1v) is 20.8. The van der Waals surface area contributed by atoms with Crippen LogP contribution in [-0.4, -0.2) is 19.5 Å². The summed E-state index contributed by atoms with van der Waals surface area (Å²) in [7, 11) is 0. The van der Waals surface area contributed by atoms with Crippen molar-refractivity contribution in [3.63, 3.8) is 0 Å². The summed E-state index contributed by atoms with van der Waals surface area (Å²) in [6.07, 6.45) is 0. The average molecular weight is 793 g/mol. The molecule has 3 heterocycles. The van der Waals surface area contributed by atoms with E-state index in [4.69, 9.17) is 19.4 Å². The van der Waals surface area contributed by atoms with Gasteiger partial charge < -0.3 is 8.98 Å². The molecule has 9 aromatic carbocycles. The SMILES string of the molecule is c1ccc(-c2cccc(-c3nc(-c4ccccc4)nc(-c4cccc5oc6cc(-n7c8cc(-c9ccccc9)ccc8c8ccc(-c9ccccc9)cc87)ccc6c45)n3)c2)cc1. The molecule has 0 N–H and O–H groups in total. The number of benzene rings is 9. The Hall–Kier alpha value is -8.41. The minimum absolute atomic E-state index is 0.584. The molecule has 0 fully saturated rings. The fourth-order valence-electron chi connectivity index (χ4n) is 8.87. The van der Waals surface area contributed by atoms with Crippen molar-refractivity contribution in [2.24, 2.45) is 0 Å². The van der Waals surface area contributed by atoms with E-state index in [2.05, 4.69) is 174 Å². The molecule has 62 heavy (non-hydrogen) atoms. The van der Waals surface area contributed by atoms with Gasteiger partial charge in [0.1, 0.15) is 11.2 Å². The lowest BCUT2D eigenvalue weighted by Crippen LogP contribution is -2.00. The number of aromatic nitrogens is 4. The molecule has 12 rings (SSSR count). The lowest BCUT2D eigenvalue weighted by molar-refractivity contribution is 0.668. The van der Waals surface area contributed by atoms with Crippen molar-refractivity contribution in [3.8, 4) is 73.2 Å². The van der Waals surface area contributed by atoms with Crippen LogP contribution in [0.15, 0.2) is 223 Å². The fraction of sp³-hybridized carbons (Fsp3) is 0. The summed E-state index contributed by atoms with van der Waals surface area (Å²) in [6.45, 7) is 0. The smallest absolute Gasteiger partial charge is 0.164 e. The highest BCUT2D eigenvalue weighted by Crippen LogP contribution is 2.41. The molecule has 0 aliphatic rings. The van der Waals surface area contributed by atoms with Crippen molar-refractivity contribution >= 4 is 43.7 Å². The number of nitrogens with zero attached hydrogens (tertiary/aromatic N) is 4. The summed E-state index contributed by atoms with van der Waals surface area (Å²) in [5.74, 6) is 1.80. The number of hydrogen-bond donors (Lipinski definition) is 0. The highest BCUT2D eigenvalue weighted by Gasteiger charge is 2.20. The van der Waals surface area contributed by atoms with Crippen LogP contribution in [0.5, 0.6) is 0 Å². The van der Waals surface area contributed by atoms with E-state index < -0.39 is 0 Å². The van der Waals surface area contributed by atoms with Gasteiger partial charge in [0.15, 0.2) is 17.5 Å². The summed E-state index contributed by atoms with van der Waals surface area (Å²) >= 11 is 0. The highest BCUT2D eigenvalue weighted by molar-refractivity contribution is 6.14. The molecule has 0 bridgehead atoms. The largest absolute Gasteiger partial charge is 0.456 e. The lowest BCUT2D eigenvalue weighted by Gasteiger charge is -2.11. The van der Waals surface area contributed by atoms with Gasteiger partial charge in [-0.1, -0.05) is 176 Å². The van der Waals surface area contributed by atoms with Gasteiger partial charge in [-0.2, -0.15) is 0 Å². The molecule has 0 radical (unpaired) electrons. The maximum absolute atomic E-state index is 6.77. The van der Waals surface area contributed by atoms with E-state index in [9.17, 15) is 0 Å². The second-order valence-corrected chi connectivity index (χ2v) is 15.6. The van der Waals surface area contributed by atoms with E-state index in [-0.39, 0.29) is 0 Å². The molecule has 0 saturated carbocycles. The normalized spacial score (nSPS) is 11.5. The monoisotopic (exact) mass is 792 g/mol. The van der Waals surface area contributed by atoms with E-state index in [1.54, 1.807) is 0 Å². The summed E-state index contributed by atoms with van der Waals surface area (Å²) < 4.78 is 9.15. The number of hydrogen-bond acceptors (Lipinski definition) is 4. The summed E-state index contributed by atoms with van der Waals surface area (Å²) in [4.78, 5) is 15.4. The van der Waals surface area contributed by atoms with Gasteiger partial charge in [-0.15, -0.1) is 0 Å². The molecule has 5 heteroatoms. The van der Waals surface area contributed by atoms with Gasteiger partial charge in [-0.05, 0) is 69.8 Å². The standard InChI is InChI=1S/C57H36N4O/c1-5-15-37(16-6-1)41-23-13-24-44(33-41)56-58-55(40-21-11-4-12-22-40)59-57(60-56)49-25-14-26-52-54(49)48-32-29-45(36-53(48)62-52)61-50-34-42(38-17-7-2-8-18-38)27-30-46(50)47-31-28-43(35-51(47)61)39-19-9-3-10-20-39/h1-36H. The predicted octanol–water partition coefficient (Wildman–Crippen LogP) is 14.9. The van der Waals surface area contributed by atoms with Gasteiger partial charge in [-0.25, -0.2) is 15.0 Å². The Morgan fingerprint density at radius 1 is 0.306 bits per heavy atom. The van der Waals surface area contributed by atoms with E-state index in [1.165, 1.54) is 33.0 Å². The van der Waals surface area contributed by atoms with E-state index in [0.717, 1.165) is 66.5 Å². The fourth-order valence-corrected chi connectivity index (χ4v) is 8.87. The molecule has 12 aromatic rings.